The average molecular weight is 258 g/mol. The van der Waals surface area contributed by atoms with Crippen LogP contribution in [-0.4, -0.2) is 64.6 Å². The molecule has 4 nitrogen and oxygen atoms in total. The Hall–Kier alpha value is 0.160. The van der Waals surface area contributed by atoms with Crippen LogP contribution in [0.4, 0.5) is 0 Å². The number of halogens is 1. The molecule has 0 bridgehead atoms. The summed E-state index contributed by atoms with van der Waals surface area (Å²) in [6.07, 6.45) is 1.91. The molecule has 92 valence electrons. The van der Waals surface area contributed by atoms with Crippen LogP contribution >= 0.6 is 11.6 Å². The van der Waals surface area contributed by atoms with Crippen molar-refractivity contribution in [1.29, 1.82) is 0 Å². The van der Waals surface area contributed by atoms with Gasteiger partial charge in [0.25, 0.3) is 0 Å². The van der Waals surface area contributed by atoms with Gasteiger partial charge in [-0.3, -0.25) is 4.90 Å². The first-order valence-corrected chi connectivity index (χ1v) is 7.54. The van der Waals surface area contributed by atoms with E-state index in [9.17, 15) is 8.42 Å². The Labute approximate surface area is 97.5 Å². The molecular formula is C9H20ClNO3S. The predicted octanol–water partition coefficient (Wildman–Crippen LogP) is 0.608. The van der Waals surface area contributed by atoms with Crippen LogP contribution < -0.4 is 0 Å². The molecule has 0 amide bonds. The van der Waals surface area contributed by atoms with Crippen LogP contribution in [0.1, 0.15) is 6.42 Å². The Morgan fingerprint density at radius 1 is 1.27 bits per heavy atom. The topological polar surface area (TPSA) is 46.6 Å². The number of methoxy groups -OCH3 is 1. The molecule has 0 heterocycles. The molecule has 0 aliphatic heterocycles. The highest BCUT2D eigenvalue weighted by Gasteiger charge is 2.06. The van der Waals surface area contributed by atoms with Crippen molar-refractivity contribution >= 4 is 21.4 Å². The van der Waals surface area contributed by atoms with Gasteiger partial charge in [-0.25, -0.2) is 8.42 Å². The maximum atomic E-state index is 10.9. The van der Waals surface area contributed by atoms with E-state index in [1.54, 1.807) is 7.11 Å². The second-order valence-electron chi connectivity index (χ2n) is 3.51. The van der Waals surface area contributed by atoms with E-state index >= 15 is 0 Å². The lowest BCUT2D eigenvalue weighted by atomic mass is 10.4. The summed E-state index contributed by atoms with van der Waals surface area (Å²) in [6.45, 7) is 2.97. The molecule has 0 atom stereocenters. The normalized spacial score (nSPS) is 12.3. The summed E-state index contributed by atoms with van der Waals surface area (Å²) < 4.78 is 26.8. The minimum Gasteiger partial charge on any atom is -0.383 e. The van der Waals surface area contributed by atoms with Crippen molar-refractivity contribution in [3.8, 4) is 0 Å². The first-order chi connectivity index (χ1) is 6.99. The van der Waals surface area contributed by atoms with E-state index < -0.39 is 9.84 Å². The van der Waals surface area contributed by atoms with E-state index in [1.807, 2.05) is 0 Å². The minimum absolute atomic E-state index is 0.235. The third-order valence-electron chi connectivity index (χ3n) is 2.00. The van der Waals surface area contributed by atoms with E-state index in [1.165, 1.54) is 6.26 Å². The molecule has 6 heteroatoms. The molecule has 0 aromatic carbocycles. The van der Waals surface area contributed by atoms with Gasteiger partial charge in [-0.1, -0.05) is 0 Å². The first-order valence-electron chi connectivity index (χ1n) is 4.94. The highest BCUT2D eigenvalue weighted by Crippen LogP contribution is 1.96. The number of hydrogen-bond acceptors (Lipinski definition) is 4. The van der Waals surface area contributed by atoms with Gasteiger partial charge in [0, 0.05) is 32.3 Å². The molecular weight excluding hydrogens is 238 g/mol. The molecule has 0 aliphatic carbocycles. The quantitative estimate of drug-likeness (QED) is 0.568. The van der Waals surface area contributed by atoms with E-state index in [4.69, 9.17) is 16.3 Å². The molecule has 0 aromatic heterocycles. The summed E-state index contributed by atoms with van der Waals surface area (Å²) in [5.41, 5.74) is 0. The summed E-state index contributed by atoms with van der Waals surface area (Å²) in [6, 6.07) is 0. The zero-order valence-corrected chi connectivity index (χ0v) is 11.0. The molecule has 0 aromatic rings. The van der Waals surface area contributed by atoms with E-state index in [0.29, 0.717) is 18.9 Å². The van der Waals surface area contributed by atoms with E-state index in [0.717, 1.165) is 19.6 Å². The summed E-state index contributed by atoms with van der Waals surface area (Å²) >= 11 is 5.64. The van der Waals surface area contributed by atoms with Crippen LogP contribution in [-0.2, 0) is 14.6 Å². The Morgan fingerprint density at radius 3 is 2.40 bits per heavy atom. The van der Waals surface area contributed by atoms with Gasteiger partial charge >= 0.3 is 0 Å². The van der Waals surface area contributed by atoms with Crippen molar-refractivity contribution < 1.29 is 13.2 Å². The number of rotatable bonds is 9. The zero-order chi connectivity index (χ0) is 11.7. The van der Waals surface area contributed by atoms with Gasteiger partial charge in [0.2, 0.25) is 0 Å². The van der Waals surface area contributed by atoms with Gasteiger partial charge in [0.1, 0.15) is 9.84 Å². The number of ether oxygens (including phenoxy) is 1. The molecule has 15 heavy (non-hydrogen) atoms. The molecule has 0 spiro atoms. The number of sulfone groups is 1. The molecule has 0 unspecified atom stereocenters. The Balaban J connectivity index is 3.74. The van der Waals surface area contributed by atoms with Crippen LogP contribution in [0.25, 0.3) is 0 Å². The summed E-state index contributed by atoms with van der Waals surface area (Å²) in [7, 11) is -1.20. The van der Waals surface area contributed by atoms with E-state index in [-0.39, 0.29) is 5.75 Å². The Morgan fingerprint density at radius 2 is 1.93 bits per heavy atom. The van der Waals surface area contributed by atoms with Gasteiger partial charge in [-0.2, -0.15) is 0 Å². The van der Waals surface area contributed by atoms with Crippen LogP contribution in [0.5, 0.6) is 0 Å². The smallest absolute Gasteiger partial charge is 0.147 e. The monoisotopic (exact) mass is 257 g/mol. The number of alkyl halides is 1. The molecule has 0 fully saturated rings. The minimum atomic E-state index is -2.85. The summed E-state index contributed by atoms with van der Waals surface area (Å²) in [5, 5.41) is 0. The van der Waals surface area contributed by atoms with Crippen molar-refractivity contribution in [1.82, 2.24) is 4.90 Å². The molecule has 0 N–H and O–H groups in total. The molecule has 0 aliphatic rings. The molecule has 0 saturated heterocycles. The fourth-order valence-corrected chi connectivity index (χ4v) is 2.12. The lowest BCUT2D eigenvalue weighted by Crippen LogP contribution is -2.31. The largest absolute Gasteiger partial charge is 0.383 e. The summed E-state index contributed by atoms with van der Waals surface area (Å²) in [4.78, 5) is 2.11. The fraction of sp³-hybridized carbons (Fsp3) is 1.00. The van der Waals surface area contributed by atoms with Gasteiger partial charge in [-0.05, 0) is 13.0 Å². The van der Waals surface area contributed by atoms with Crippen molar-refractivity contribution in [2.24, 2.45) is 0 Å². The standard InChI is InChI=1S/C9H20ClNO3S/c1-14-8-7-11(6-4-10)5-3-9-15(2,12)13/h3-9H2,1-2H3. The zero-order valence-electron chi connectivity index (χ0n) is 9.41. The first kappa shape index (κ1) is 15.2. The third kappa shape index (κ3) is 10.4. The predicted molar refractivity (Wildman–Crippen MR) is 63.4 cm³/mol. The van der Waals surface area contributed by atoms with Gasteiger partial charge in [-0.15, -0.1) is 11.6 Å². The van der Waals surface area contributed by atoms with Crippen molar-refractivity contribution in [2.75, 3.05) is 51.2 Å². The maximum absolute atomic E-state index is 10.9. The number of nitrogens with zero attached hydrogens (tertiary/aromatic N) is 1. The third-order valence-corrected chi connectivity index (χ3v) is 3.20. The maximum Gasteiger partial charge on any atom is 0.147 e. The highest BCUT2D eigenvalue weighted by molar-refractivity contribution is 7.90. The average Bonchev–Trinajstić information content (AvgIpc) is 2.12. The Kier molecular flexibility index (Phi) is 8.42. The van der Waals surface area contributed by atoms with E-state index in [2.05, 4.69) is 4.90 Å². The number of hydrogen-bond donors (Lipinski definition) is 0. The van der Waals surface area contributed by atoms with Crippen LogP contribution in [0.3, 0.4) is 0 Å². The van der Waals surface area contributed by atoms with Crippen molar-refractivity contribution in [2.45, 2.75) is 6.42 Å². The summed E-state index contributed by atoms with van der Waals surface area (Å²) in [5.74, 6) is 0.793. The second-order valence-corrected chi connectivity index (χ2v) is 6.14. The molecule has 0 radical (unpaired) electrons. The second kappa shape index (κ2) is 8.33. The molecule has 0 saturated carbocycles. The van der Waals surface area contributed by atoms with Gasteiger partial charge in [0.15, 0.2) is 0 Å². The lowest BCUT2D eigenvalue weighted by Gasteiger charge is -2.20. The highest BCUT2D eigenvalue weighted by atomic mass is 35.5. The van der Waals surface area contributed by atoms with Crippen LogP contribution in [0.15, 0.2) is 0 Å². The lowest BCUT2D eigenvalue weighted by molar-refractivity contribution is 0.151. The van der Waals surface area contributed by atoms with Crippen molar-refractivity contribution in [3.05, 3.63) is 0 Å². The Bertz CT molecular complexity index is 244. The van der Waals surface area contributed by atoms with Crippen LogP contribution in [0.2, 0.25) is 0 Å². The fourth-order valence-electron chi connectivity index (χ4n) is 1.23. The molecule has 0 rings (SSSR count). The van der Waals surface area contributed by atoms with Crippen LogP contribution in [0, 0.1) is 0 Å². The SMILES string of the molecule is COCCN(CCCl)CCCS(C)(=O)=O. The van der Waals surface area contributed by atoms with Gasteiger partial charge < -0.3 is 4.74 Å². The van der Waals surface area contributed by atoms with Crippen molar-refractivity contribution in [3.63, 3.8) is 0 Å². The van der Waals surface area contributed by atoms with Gasteiger partial charge in [0.05, 0.1) is 12.4 Å².